The van der Waals surface area contributed by atoms with E-state index >= 15 is 0 Å². The number of hydrogen-bond acceptors (Lipinski definition) is 2. The molecule has 5 aliphatic carbocycles. The standard InChI is InChI=1S/C24H33NO/c1-24-12-11-20-19-4-2-3-17(14-25)18(19)9-10-21(20)22(24)13-16(23(24)26)8-7-15-5-6-15/h15-23,26H,2-6,9-13H2,1H3/t16-,17?,18?,19?,20?,21?,22?,23+,24+/m1/s1. The Morgan fingerprint density at radius 1 is 0.846 bits per heavy atom. The number of rotatable bonds is 0. The zero-order valence-corrected chi connectivity index (χ0v) is 16.2. The Bertz CT molecular complexity index is 664. The van der Waals surface area contributed by atoms with Gasteiger partial charge in [0.15, 0.2) is 0 Å². The third-order valence-electron chi connectivity index (χ3n) is 9.21. The maximum Gasteiger partial charge on any atom is 0.0733 e. The largest absolute Gasteiger partial charge is 0.391 e. The molecule has 5 aliphatic rings. The minimum absolute atomic E-state index is 0.0835. The van der Waals surface area contributed by atoms with Crippen LogP contribution in [0.25, 0.3) is 0 Å². The summed E-state index contributed by atoms with van der Waals surface area (Å²) in [6, 6.07) is 2.64. The molecule has 0 spiro atoms. The Balaban J connectivity index is 1.38. The van der Waals surface area contributed by atoms with Gasteiger partial charge in [0.2, 0.25) is 0 Å². The highest BCUT2D eigenvalue weighted by atomic mass is 16.3. The topological polar surface area (TPSA) is 44.0 Å². The second-order valence-electron chi connectivity index (χ2n) is 10.4. The molecule has 0 bridgehead atoms. The van der Waals surface area contributed by atoms with Gasteiger partial charge in [-0.05, 0) is 92.8 Å². The van der Waals surface area contributed by atoms with Gasteiger partial charge in [0, 0.05) is 17.8 Å². The second kappa shape index (κ2) is 6.27. The Hall–Kier alpha value is -0.990. The zero-order valence-electron chi connectivity index (χ0n) is 16.2. The fraction of sp³-hybridized carbons (Fsp3) is 0.875. The van der Waals surface area contributed by atoms with E-state index in [0.717, 1.165) is 30.6 Å². The molecule has 0 aromatic heterocycles. The molecule has 0 amide bonds. The molecule has 9 atom stereocenters. The van der Waals surface area contributed by atoms with E-state index in [0.29, 0.717) is 23.7 Å². The molecular weight excluding hydrogens is 318 g/mol. The predicted octanol–water partition coefficient (Wildman–Crippen LogP) is 4.78. The van der Waals surface area contributed by atoms with Crippen molar-refractivity contribution in [2.24, 2.45) is 52.8 Å². The first-order chi connectivity index (χ1) is 12.6. The van der Waals surface area contributed by atoms with Gasteiger partial charge in [-0.3, -0.25) is 0 Å². The summed E-state index contributed by atoms with van der Waals surface area (Å²) in [6.07, 6.45) is 12.2. The molecule has 6 unspecified atom stereocenters. The van der Waals surface area contributed by atoms with E-state index in [-0.39, 0.29) is 17.4 Å². The zero-order chi connectivity index (χ0) is 17.9. The van der Waals surface area contributed by atoms with E-state index in [4.69, 9.17) is 0 Å². The van der Waals surface area contributed by atoms with Crippen LogP contribution in [0.3, 0.4) is 0 Å². The summed E-state index contributed by atoms with van der Waals surface area (Å²) < 4.78 is 0. The summed E-state index contributed by atoms with van der Waals surface area (Å²) in [5, 5.41) is 20.7. The normalized spacial score (nSPS) is 52.7. The minimum atomic E-state index is -0.226. The van der Waals surface area contributed by atoms with Crippen molar-refractivity contribution >= 4 is 0 Å². The number of nitriles is 1. The second-order valence-corrected chi connectivity index (χ2v) is 10.4. The molecule has 140 valence electrons. The molecule has 26 heavy (non-hydrogen) atoms. The van der Waals surface area contributed by atoms with E-state index in [2.05, 4.69) is 24.8 Å². The average molecular weight is 352 g/mol. The van der Waals surface area contributed by atoms with E-state index in [9.17, 15) is 10.4 Å². The van der Waals surface area contributed by atoms with Gasteiger partial charge in [-0.25, -0.2) is 0 Å². The molecule has 0 radical (unpaired) electrons. The van der Waals surface area contributed by atoms with Crippen molar-refractivity contribution in [3.63, 3.8) is 0 Å². The fourth-order valence-electron chi connectivity index (χ4n) is 7.67. The van der Waals surface area contributed by atoms with Crippen molar-refractivity contribution in [3.8, 4) is 17.9 Å². The molecule has 0 heterocycles. The number of hydrogen-bond donors (Lipinski definition) is 1. The van der Waals surface area contributed by atoms with E-state index in [1.165, 1.54) is 51.4 Å². The lowest BCUT2D eigenvalue weighted by atomic mass is 9.49. The summed E-state index contributed by atoms with van der Waals surface area (Å²) in [6.45, 7) is 2.36. The summed E-state index contributed by atoms with van der Waals surface area (Å²) >= 11 is 0. The highest BCUT2D eigenvalue weighted by Gasteiger charge is 2.59. The highest BCUT2D eigenvalue weighted by molar-refractivity contribution is 5.19. The first kappa shape index (κ1) is 17.1. The van der Waals surface area contributed by atoms with Gasteiger partial charge in [-0.15, -0.1) is 0 Å². The van der Waals surface area contributed by atoms with Gasteiger partial charge in [-0.2, -0.15) is 5.26 Å². The van der Waals surface area contributed by atoms with Crippen LogP contribution in [0.15, 0.2) is 0 Å². The van der Waals surface area contributed by atoms with Crippen LogP contribution in [0, 0.1) is 75.9 Å². The van der Waals surface area contributed by atoms with Gasteiger partial charge in [0.25, 0.3) is 0 Å². The molecule has 5 fully saturated rings. The molecule has 5 rings (SSSR count). The van der Waals surface area contributed by atoms with Crippen LogP contribution in [-0.4, -0.2) is 11.2 Å². The first-order valence-corrected chi connectivity index (χ1v) is 11.2. The molecule has 2 heteroatoms. The molecule has 0 saturated heterocycles. The van der Waals surface area contributed by atoms with E-state index in [1.807, 2.05) is 0 Å². The lowest BCUT2D eigenvalue weighted by Crippen LogP contribution is -2.50. The van der Waals surface area contributed by atoms with Crippen LogP contribution >= 0.6 is 0 Å². The van der Waals surface area contributed by atoms with Crippen molar-refractivity contribution in [2.75, 3.05) is 0 Å². The first-order valence-electron chi connectivity index (χ1n) is 11.2. The van der Waals surface area contributed by atoms with Crippen molar-refractivity contribution in [3.05, 3.63) is 0 Å². The fourth-order valence-corrected chi connectivity index (χ4v) is 7.67. The maximum absolute atomic E-state index is 11.1. The van der Waals surface area contributed by atoms with E-state index < -0.39 is 0 Å². The van der Waals surface area contributed by atoms with Crippen LogP contribution in [-0.2, 0) is 0 Å². The number of nitrogens with zero attached hydrogens (tertiary/aromatic N) is 1. The quantitative estimate of drug-likeness (QED) is 0.638. The summed E-state index contributed by atoms with van der Waals surface area (Å²) in [5.41, 5.74) is 0.0835. The molecule has 0 aliphatic heterocycles. The summed E-state index contributed by atoms with van der Waals surface area (Å²) in [5.74, 6) is 11.8. The Morgan fingerprint density at radius 2 is 1.62 bits per heavy atom. The molecule has 0 aromatic carbocycles. The predicted molar refractivity (Wildman–Crippen MR) is 102 cm³/mol. The molecular formula is C24H33NO. The Kier molecular flexibility index (Phi) is 4.13. The number of aliphatic hydroxyl groups is 1. The molecule has 2 nitrogen and oxygen atoms in total. The van der Waals surface area contributed by atoms with Gasteiger partial charge in [-0.1, -0.05) is 25.2 Å². The molecule has 5 saturated carbocycles. The smallest absolute Gasteiger partial charge is 0.0733 e. The Labute approximate surface area is 158 Å². The van der Waals surface area contributed by atoms with Crippen LogP contribution in [0.2, 0.25) is 0 Å². The van der Waals surface area contributed by atoms with Gasteiger partial charge >= 0.3 is 0 Å². The van der Waals surface area contributed by atoms with Gasteiger partial charge in [0.05, 0.1) is 12.2 Å². The van der Waals surface area contributed by atoms with Gasteiger partial charge < -0.3 is 5.11 Å². The highest BCUT2D eigenvalue weighted by Crippen LogP contribution is 2.63. The Morgan fingerprint density at radius 3 is 2.38 bits per heavy atom. The maximum atomic E-state index is 11.1. The molecule has 1 N–H and O–H groups in total. The van der Waals surface area contributed by atoms with Crippen molar-refractivity contribution in [2.45, 2.75) is 77.2 Å². The summed E-state index contributed by atoms with van der Waals surface area (Å²) in [7, 11) is 0. The van der Waals surface area contributed by atoms with E-state index in [1.54, 1.807) is 0 Å². The number of aliphatic hydroxyl groups excluding tert-OH is 1. The SMILES string of the molecule is C[C@]12CCC3C4CCCC(C#N)C4CCC3C1C[C@@H](C#CC1CC1)[C@@H]2O. The van der Waals surface area contributed by atoms with Crippen molar-refractivity contribution in [1.29, 1.82) is 5.26 Å². The monoisotopic (exact) mass is 351 g/mol. The minimum Gasteiger partial charge on any atom is -0.391 e. The van der Waals surface area contributed by atoms with Crippen LogP contribution in [0.5, 0.6) is 0 Å². The van der Waals surface area contributed by atoms with Gasteiger partial charge in [0.1, 0.15) is 0 Å². The van der Waals surface area contributed by atoms with Crippen LogP contribution in [0.1, 0.15) is 71.1 Å². The van der Waals surface area contributed by atoms with Crippen LogP contribution < -0.4 is 0 Å². The molecule has 0 aromatic rings. The third-order valence-corrected chi connectivity index (χ3v) is 9.21. The van der Waals surface area contributed by atoms with Crippen molar-refractivity contribution < 1.29 is 5.11 Å². The van der Waals surface area contributed by atoms with Crippen molar-refractivity contribution in [1.82, 2.24) is 0 Å². The number of fused-ring (bicyclic) bond motifs is 5. The summed E-state index contributed by atoms with van der Waals surface area (Å²) in [4.78, 5) is 0. The lowest BCUT2D eigenvalue weighted by Gasteiger charge is -2.55. The lowest BCUT2D eigenvalue weighted by molar-refractivity contribution is -0.0877. The van der Waals surface area contributed by atoms with Crippen LogP contribution in [0.4, 0.5) is 0 Å². The average Bonchev–Trinajstić information content (AvgIpc) is 3.45. The third kappa shape index (κ3) is 2.56.